The van der Waals surface area contributed by atoms with Crippen molar-refractivity contribution < 1.29 is 0 Å². The average Bonchev–Trinajstić information content (AvgIpc) is 2.48. The Bertz CT molecular complexity index is 370. The minimum Gasteiger partial charge on any atom is -0.371 e. The Morgan fingerprint density at radius 3 is 2.79 bits per heavy atom. The largest absolute Gasteiger partial charge is 0.371 e. The standard InChI is InChI=1S/C16H27N3/c1-3-8-17-13-15-12-16(5-9-18-15)19-10-6-14(4-2)7-11-19/h5,9,12,14,17H,3-4,6-8,10-11,13H2,1-2H3. The van der Waals surface area contributed by atoms with E-state index in [4.69, 9.17) is 0 Å². The molecule has 1 saturated heterocycles. The van der Waals surface area contributed by atoms with Crippen LogP contribution in [0.15, 0.2) is 18.3 Å². The molecule has 3 heteroatoms. The summed E-state index contributed by atoms with van der Waals surface area (Å²) in [5.74, 6) is 0.934. The van der Waals surface area contributed by atoms with Crippen LogP contribution in [0.1, 0.15) is 45.2 Å². The first-order chi connectivity index (χ1) is 9.33. The molecule has 1 aromatic heterocycles. The maximum atomic E-state index is 4.45. The summed E-state index contributed by atoms with van der Waals surface area (Å²) in [5, 5.41) is 3.42. The van der Waals surface area contributed by atoms with Gasteiger partial charge in [-0.2, -0.15) is 0 Å². The first kappa shape index (κ1) is 14.3. The van der Waals surface area contributed by atoms with E-state index in [-0.39, 0.29) is 0 Å². The number of nitrogens with zero attached hydrogens (tertiary/aromatic N) is 2. The zero-order chi connectivity index (χ0) is 13.5. The molecule has 0 saturated carbocycles. The van der Waals surface area contributed by atoms with Gasteiger partial charge >= 0.3 is 0 Å². The maximum Gasteiger partial charge on any atom is 0.0562 e. The lowest BCUT2D eigenvalue weighted by Gasteiger charge is -2.33. The van der Waals surface area contributed by atoms with E-state index in [0.717, 1.165) is 24.7 Å². The van der Waals surface area contributed by atoms with Crippen molar-refractivity contribution in [2.24, 2.45) is 5.92 Å². The fourth-order valence-corrected chi connectivity index (χ4v) is 2.75. The van der Waals surface area contributed by atoms with Gasteiger partial charge in [0.25, 0.3) is 0 Å². The summed E-state index contributed by atoms with van der Waals surface area (Å²) in [5.41, 5.74) is 2.50. The Hall–Kier alpha value is -1.09. The minimum atomic E-state index is 0.882. The molecule has 0 radical (unpaired) electrons. The highest BCUT2D eigenvalue weighted by Crippen LogP contribution is 2.24. The molecule has 0 amide bonds. The molecule has 0 unspecified atom stereocenters. The Labute approximate surface area is 117 Å². The summed E-state index contributed by atoms with van der Waals surface area (Å²) >= 11 is 0. The van der Waals surface area contributed by atoms with Crippen molar-refractivity contribution in [2.45, 2.75) is 46.1 Å². The van der Waals surface area contributed by atoms with Gasteiger partial charge in [0, 0.05) is 31.5 Å². The van der Waals surface area contributed by atoms with Crippen molar-refractivity contribution >= 4 is 5.69 Å². The SMILES string of the molecule is CCCNCc1cc(N2CCC(CC)CC2)ccn1. The van der Waals surface area contributed by atoms with E-state index in [1.165, 1.54) is 44.5 Å². The van der Waals surface area contributed by atoms with Gasteiger partial charge in [0.15, 0.2) is 0 Å². The van der Waals surface area contributed by atoms with Crippen molar-refractivity contribution in [3.8, 4) is 0 Å². The first-order valence-corrected chi connectivity index (χ1v) is 7.74. The smallest absolute Gasteiger partial charge is 0.0562 e. The van der Waals surface area contributed by atoms with Gasteiger partial charge in [0.05, 0.1) is 5.69 Å². The van der Waals surface area contributed by atoms with E-state index >= 15 is 0 Å². The van der Waals surface area contributed by atoms with Crippen molar-refractivity contribution in [1.82, 2.24) is 10.3 Å². The van der Waals surface area contributed by atoms with E-state index in [2.05, 4.69) is 41.2 Å². The number of rotatable bonds is 6. The molecule has 1 aliphatic heterocycles. The molecule has 2 heterocycles. The molecule has 0 aromatic carbocycles. The molecule has 0 aliphatic carbocycles. The number of hydrogen-bond acceptors (Lipinski definition) is 3. The minimum absolute atomic E-state index is 0.882. The zero-order valence-corrected chi connectivity index (χ0v) is 12.4. The molecular weight excluding hydrogens is 234 g/mol. The Morgan fingerprint density at radius 1 is 1.32 bits per heavy atom. The van der Waals surface area contributed by atoms with E-state index in [0.29, 0.717) is 0 Å². The quantitative estimate of drug-likeness (QED) is 0.797. The van der Waals surface area contributed by atoms with E-state index in [9.17, 15) is 0 Å². The van der Waals surface area contributed by atoms with Gasteiger partial charge in [0.2, 0.25) is 0 Å². The second-order valence-electron chi connectivity index (χ2n) is 5.52. The fraction of sp³-hybridized carbons (Fsp3) is 0.688. The molecular formula is C16H27N3. The van der Waals surface area contributed by atoms with Crippen LogP contribution < -0.4 is 10.2 Å². The predicted octanol–water partition coefficient (Wildman–Crippen LogP) is 3.21. The van der Waals surface area contributed by atoms with Gasteiger partial charge < -0.3 is 10.2 Å². The number of pyridine rings is 1. The van der Waals surface area contributed by atoms with Gasteiger partial charge in [-0.3, -0.25) is 4.98 Å². The van der Waals surface area contributed by atoms with Crippen molar-refractivity contribution in [1.29, 1.82) is 0 Å². The molecule has 19 heavy (non-hydrogen) atoms. The van der Waals surface area contributed by atoms with Crippen LogP contribution >= 0.6 is 0 Å². The van der Waals surface area contributed by atoms with Gasteiger partial charge in [-0.25, -0.2) is 0 Å². The molecule has 3 nitrogen and oxygen atoms in total. The molecule has 1 aliphatic rings. The van der Waals surface area contributed by atoms with E-state index in [1.807, 2.05) is 6.20 Å². The van der Waals surface area contributed by atoms with Crippen LogP contribution in [0.25, 0.3) is 0 Å². The zero-order valence-electron chi connectivity index (χ0n) is 12.4. The number of aromatic nitrogens is 1. The van der Waals surface area contributed by atoms with Crippen LogP contribution in [0.3, 0.4) is 0 Å². The van der Waals surface area contributed by atoms with Crippen LogP contribution in [0, 0.1) is 5.92 Å². The third-order valence-electron chi connectivity index (χ3n) is 4.09. The Kier molecular flexibility index (Phi) is 5.64. The highest BCUT2D eigenvalue weighted by molar-refractivity contribution is 5.46. The molecule has 1 aromatic rings. The average molecular weight is 261 g/mol. The van der Waals surface area contributed by atoms with Crippen LogP contribution in [0.5, 0.6) is 0 Å². The van der Waals surface area contributed by atoms with Crippen molar-refractivity contribution in [3.05, 3.63) is 24.0 Å². The Balaban J connectivity index is 1.91. The maximum absolute atomic E-state index is 4.45. The molecule has 1 N–H and O–H groups in total. The van der Waals surface area contributed by atoms with Crippen molar-refractivity contribution in [2.75, 3.05) is 24.5 Å². The van der Waals surface area contributed by atoms with E-state index in [1.54, 1.807) is 0 Å². The summed E-state index contributed by atoms with van der Waals surface area (Å²) in [6, 6.07) is 4.39. The second-order valence-corrected chi connectivity index (χ2v) is 5.52. The molecule has 106 valence electrons. The number of piperidine rings is 1. The molecule has 0 atom stereocenters. The van der Waals surface area contributed by atoms with Crippen LogP contribution in [-0.4, -0.2) is 24.6 Å². The predicted molar refractivity (Wildman–Crippen MR) is 81.5 cm³/mol. The third-order valence-corrected chi connectivity index (χ3v) is 4.09. The topological polar surface area (TPSA) is 28.2 Å². The van der Waals surface area contributed by atoms with Crippen LogP contribution in [-0.2, 0) is 6.54 Å². The summed E-state index contributed by atoms with van der Waals surface area (Å²) in [7, 11) is 0. The summed E-state index contributed by atoms with van der Waals surface area (Å²) in [6.07, 6.45) is 7.12. The van der Waals surface area contributed by atoms with Crippen molar-refractivity contribution in [3.63, 3.8) is 0 Å². The fourth-order valence-electron chi connectivity index (χ4n) is 2.75. The van der Waals surface area contributed by atoms with Gasteiger partial charge in [-0.15, -0.1) is 0 Å². The lowest BCUT2D eigenvalue weighted by atomic mass is 9.94. The third kappa shape index (κ3) is 4.20. The summed E-state index contributed by atoms with van der Waals surface area (Å²) < 4.78 is 0. The van der Waals surface area contributed by atoms with Gasteiger partial charge in [0.1, 0.15) is 0 Å². The lowest BCUT2D eigenvalue weighted by molar-refractivity contribution is 0.395. The molecule has 0 spiro atoms. The van der Waals surface area contributed by atoms with Crippen LogP contribution in [0.4, 0.5) is 5.69 Å². The number of nitrogens with one attached hydrogen (secondary N) is 1. The van der Waals surface area contributed by atoms with Gasteiger partial charge in [-0.05, 0) is 43.9 Å². The Morgan fingerprint density at radius 2 is 2.11 bits per heavy atom. The van der Waals surface area contributed by atoms with Gasteiger partial charge in [-0.1, -0.05) is 20.3 Å². The lowest BCUT2D eigenvalue weighted by Crippen LogP contribution is -2.33. The summed E-state index contributed by atoms with van der Waals surface area (Å²) in [6.45, 7) is 8.84. The highest BCUT2D eigenvalue weighted by atomic mass is 15.1. The molecule has 0 bridgehead atoms. The molecule has 1 fully saturated rings. The number of anilines is 1. The first-order valence-electron chi connectivity index (χ1n) is 7.74. The van der Waals surface area contributed by atoms with E-state index < -0.39 is 0 Å². The number of hydrogen-bond donors (Lipinski definition) is 1. The monoisotopic (exact) mass is 261 g/mol. The second kappa shape index (κ2) is 7.49. The highest BCUT2D eigenvalue weighted by Gasteiger charge is 2.18. The molecule has 2 rings (SSSR count). The summed E-state index contributed by atoms with van der Waals surface area (Å²) in [4.78, 5) is 6.96. The normalized spacial score (nSPS) is 16.8. The van der Waals surface area contributed by atoms with Crippen LogP contribution in [0.2, 0.25) is 0 Å².